The Bertz CT molecular complexity index is 953. The van der Waals surface area contributed by atoms with Gasteiger partial charge in [0, 0.05) is 35.5 Å². The van der Waals surface area contributed by atoms with E-state index in [1.807, 2.05) is 37.4 Å². The number of aromatic nitrogens is 2. The van der Waals surface area contributed by atoms with Gasteiger partial charge in [0.1, 0.15) is 0 Å². The molecule has 5 nitrogen and oxygen atoms in total. The third kappa shape index (κ3) is 3.47. The summed E-state index contributed by atoms with van der Waals surface area (Å²) in [6, 6.07) is 9.71. The fourth-order valence-corrected chi connectivity index (χ4v) is 4.08. The number of rotatable bonds is 5. The Morgan fingerprint density at radius 1 is 1.26 bits per heavy atom. The number of carbonyl (C=O) groups is 1. The van der Waals surface area contributed by atoms with E-state index in [2.05, 4.69) is 15.3 Å². The molecule has 2 heterocycles. The summed E-state index contributed by atoms with van der Waals surface area (Å²) in [5, 5.41) is 15.2. The molecule has 1 aliphatic carbocycles. The van der Waals surface area contributed by atoms with E-state index in [0.29, 0.717) is 18.5 Å². The van der Waals surface area contributed by atoms with E-state index in [0.717, 1.165) is 53.4 Å². The van der Waals surface area contributed by atoms with Gasteiger partial charge in [0.2, 0.25) is 0 Å². The quantitative estimate of drug-likeness (QED) is 0.648. The molecule has 5 heteroatoms. The van der Waals surface area contributed by atoms with E-state index >= 15 is 0 Å². The zero-order valence-corrected chi connectivity index (χ0v) is 15.6. The maximum absolute atomic E-state index is 12.3. The summed E-state index contributed by atoms with van der Waals surface area (Å²) in [5.74, 6) is -0.114. The van der Waals surface area contributed by atoms with Gasteiger partial charge >= 0.3 is 0 Å². The monoisotopic (exact) mass is 363 g/mol. The molecule has 0 unspecified atom stereocenters. The molecule has 0 bridgehead atoms. The highest BCUT2D eigenvalue weighted by molar-refractivity contribution is 5.94. The number of pyridine rings is 1. The van der Waals surface area contributed by atoms with Crippen molar-refractivity contribution >= 4 is 16.8 Å². The molecule has 3 N–H and O–H groups in total. The van der Waals surface area contributed by atoms with Gasteiger partial charge in [-0.25, -0.2) is 0 Å². The fraction of sp³-hybridized carbons (Fsp3) is 0.364. The first-order valence-corrected chi connectivity index (χ1v) is 9.59. The van der Waals surface area contributed by atoms with E-state index in [-0.39, 0.29) is 5.91 Å². The number of aliphatic hydroxyl groups is 1. The van der Waals surface area contributed by atoms with E-state index in [4.69, 9.17) is 0 Å². The largest absolute Gasteiger partial charge is 0.385 e. The summed E-state index contributed by atoms with van der Waals surface area (Å²) in [5.41, 5.74) is 3.92. The summed E-state index contributed by atoms with van der Waals surface area (Å²) in [4.78, 5) is 19.8. The Morgan fingerprint density at radius 3 is 2.81 bits per heavy atom. The van der Waals surface area contributed by atoms with E-state index in [1.165, 1.54) is 0 Å². The van der Waals surface area contributed by atoms with Crippen molar-refractivity contribution in [3.8, 4) is 0 Å². The van der Waals surface area contributed by atoms with E-state index in [1.54, 1.807) is 12.3 Å². The number of nitrogens with zero attached hydrogens (tertiary/aromatic N) is 1. The van der Waals surface area contributed by atoms with Gasteiger partial charge in [0.15, 0.2) is 0 Å². The third-order valence-corrected chi connectivity index (χ3v) is 5.57. The molecule has 1 aliphatic rings. The zero-order chi connectivity index (χ0) is 18.9. The second kappa shape index (κ2) is 7.16. The molecule has 1 fully saturated rings. The molecule has 0 spiro atoms. The first kappa shape index (κ1) is 17.7. The van der Waals surface area contributed by atoms with Crippen molar-refractivity contribution in [2.75, 3.05) is 6.54 Å². The predicted molar refractivity (Wildman–Crippen MR) is 106 cm³/mol. The third-order valence-electron chi connectivity index (χ3n) is 5.57. The highest BCUT2D eigenvalue weighted by Gasteiger charge is 2.34. The Kier molecular flexibility index (Phi) is 4.70. The minimum absolute atomic E-state index is 0.114. The summed E-state index contributed by atoms with van der Waals surface area (Å²) in [6.45, 7) is 2.43. The van der Waals surface area contributed by atoms with E-state index < -0.39 is 5.60 Å². The molecule has 0 saturated heterocycles. The zero-order valence-electron chi connectivity index (χ0n) is 15.6. The summed E-state index contributed by atoms with van der Waals surface area (Å²) >= 11 is 0. The van der Waals surface area contributed by atoms with Crippen molar-refractivity contribution in [3.63, 3.8) is 0 Å². The smallest absolute Gasteiger partial charge is 0.252 e. The minimum Gasteiger partial charge on any atom is -0.385 e. The average Bonchev–Trinajstić information content (AvgIpc) is 3.29. The van der Waals surface area contributed by atoms with Gasteiger partial charge in [0.05, 0.1) is 11.2 Å². The number of H-pyrrole nitrogens is 1. The molecule has 0 atom stereocenters. The van der Waals surface area contributed by atoms with Crippen LogP contribution >= 0.6 is 0 Å². The number of fused-ring (bicyclic) bond motifs is 1. The van der Waals surface area contributed by atoms with Gasteiger partial charge in [-0.3, -0.25) is 9.78 Å². The maximum atomic E-state index is 12.3. The lowest BCUT2D eigenvalue weighted by molar-refractivity contribution is 0.0460. The van der Waals surface area contributed by atoms with Crippen LogP contribution in [-0.4, -0.2) is 27.5 Å². The second-order valence-electron chi connectivity index (χ2n) is 7.47. The lowest BCUT2D eigenvalue weighted by atomic mass is 9.88. The van der Waals surface area contributed by atoms with Gasteiger partial charge in [-0.05, 0) is 55.5 Å². The standard InChI is InChI=1S/C22H25N3O2/c1-15-7-8-17(14-24-15)21(26)23-12-9-16-13-25-19-6-4-5-18(20(16)19)22(27)10-2-3-11-22/h4-8,13-14,25,27H,2-3,9-12H2,1H3,(H,23,26). The average molecular weight is 363 g/mol. The predicted octanol–water partition coefficient (Wildman–Crippen LogP) is 3.61. The van der Waals surface area contributed by atoms with Crippen LogP contribution in [0.15, 0.2) is 42.7 Å². The minimum atomic E-state index is -0.729. The number of aromatic amines is 1. The molecular weight excluding hydrogens is 338 g/mol. The van der Waals surface area contributed by atoms with Crippen LogP contribution in [0.1, 0.15) is 52.9 Å². The van der Waals surface area contributed by atoms with E-state index in [9.17, 15) is 9.90 Å². The van der Waals surface area contributed by atoms with Crippen LogP contribution in [0.3, 0.4) is 0 Å². The van der Waals surface area contributed by atoms with Gasteiger partial charge < -0.3 is 15.4 Å². The van der Waals surface area contributed by atoms with Gasteiger partial charge in [0.25, 0.3) is 5.91 Å². The number of carbonyl (C=O) groups excluding carboxylic acids is 1. The SMILES string of the molecule is Cc1ccc(C(=O)NCCc2c[nH]c3cccc(C4(O)CCCC4)c23)cn1. The number of amides is 1. The molecule has 3 aromatic rings. The Labute approximate surface area is 158 Å². The molecule has 1 amide bonds. The number of nitrogens with one attached hydrogen (secondary N) is 2. The summed E-state index contributed by atoms with van der Waals surface area (Å²) in [7, 11) is 0. The van der Waals surface area contributed by atoms with Crippen LogP contribution in [0, 0.1) is 6.92 Å². The first-order chi connectivity index (χ1) is 13.1. The van der Waals surface area contributed by atoms with Crippen molar-refractivity contribution < 1.29 is 9.90 Å². The Hall–Kier alpha value is -2.66. The Morgan fingerprint density at radius 2 is 2.07 bits per heavy atom. The highest BCUT2D eigenvalue weighted by atomic mass is 16.3. The second-order valence-corrected chi connectivity index (χ2v) is 7.47. The van der Waals surface area contributed by atoms with Gasteiger partial charge in [-0.15, -0.1) is 0 Å². The normalized spacial score (nSPS) is 15.9. The summed E-state index contributed by atoms with van der Waals surface area (Å²) < 4.78 is 0. The fourth-order valence-electron chi connectivity index (χ4n) is 4.08. The molecule has 1 saturated carbocycles. The van der Waals surface area contributed by atoms with Crippen LogP contribution in [0.5, 0.6) is 0 Å². The first-order valence-electron chi connectivity index (χ1n) is 9.59. The molecule has 0 radical (unpaired) electrons. The van der Waals surface area contributed by atoms with Crippen molar-refractivity contribution in [1.29, 1.82) is 0 Å². The number of benzene rings is 1. The molecule has 140 valence electrons. The van der Waals surface area contributed by atoms with Crippen molar-refractivity contribution in [1.82, 2.24) is 15.3 Å². The topological polar surface area (TPSA) is 78.0 Å². The van der Waals surface area contributed by atoms with Crippen LogP contribution in [-0.2, 0) is 12.0 Å². The van der Waals surface area contributed by atoms with Crippen molar-refractivity contribution in [2.24, 2.45) is 0 Å². The molecule has 2 aromatic heterocycles. The molecular formula is C22H25N3O2. The lowest BCUT2D eigenvalue weighted by Crippen LogP contribution is -2.26. The lowest BCUT2D eigenvalue weighted by Gasteiger charge is -2.24. The number of aryl methyl sites for hydroxylation is 1. The molecule has 27 heavy (non-hydrogen) atoms. The van der Waals surface area contributed by atoms with Gasteiger partial charge in [-0.2, -0.15) is 0 Å². The highest BCUT2D eigenvalue weighted by Crippen LogP contribution is 2.42. The molecule has 0 aliphatic heterocycles. The van der Waals surface area contributed by atoms with Crippen LogP contribution in [0.2, 0.25) is 0 Å². The Balaban J connectivity index is 1.51. The summed E-state index contributed by atoms with van der Waals surface area (Å²) in [6.07, 6.45) is 8.05. The van der Waals surface area contributed by atoms with Gasteiger partial charge in [-0.1, -0.05) is 25.0 Å². The molecule has 4 rings (SSSR count). The van der Waals surface area contributed by atoms with Crippen LogP contribution in [0.4, 0.5) is 0 Å². The van der Waals surface area contributed by atoms with Crippen molar-refractivity contribution in [3.05, 3.63) is 65.1 Å². The van der Waals surface area contributed by atoms with Crippen molar-refractivity contribution in [2.45, 2.75) is 44.6 Å². The van der Waals surface area contributed by atoms with Crippen LogP contribution in [0.25, 0.3) is 10.9 Å². The maximum Gasteiger partial charge on any atom is 0.252 e. The number of hydrogen-bond donors (Lipinski definition) is 3. The number of hydrogen-bond acceptors (Lipinski definition) is 3. The molecule has 1 aromatic carbocycles. The van der Waals surface area contributed by atoms with Crippen LogP contribution < -0.4 is 5.32 Å².